The molecular weight excluding hydrogens is 428 g/mol. The third kappa shape index (κ3) is 4.27. The number of para-hydroxylation sites is 1. The first-order chi connectivity index (χ1) is 15.0. The van der Waals surface area contributed by atoms with Crippen LogP contribution in [0.5, 0.6) is 0 Å². The molecule has 0 bridgehead atoms. The smallest absolute Gasteiger partial charge is 0.320 e. The standard InChI is InChI=1S/C25H34N2O4.ClH/c1-4-25(16-19(23(28)30-5-2)24(29)31-6-3)13-9-14-27-15-12-18-17-10-7-8-11-20(17)26-21(18)22(25)27;/h7-8,10-11,19,22,26H,4-6,9,12-16H2,1-3H3;1H. The van der Waals surface area contributed by atoms with E-state index in [1.807, 2.05) is 0 Å². The lowest BCUT2D eigenvalue weighted by atomic mass is 9.64. The molecule has 176 valence electrons. The van der Waals surface area contributed by atoms with Crippen LogP contribution in [0.4, 0.5) is 0 Å². The number of halogens is 1. The van der Waals surface area contributed by atoms with Crippen molar-refractivity contribution in [3.8, 4) is 0 Å². The summed E-state index contributed by atoms with van der Waals surface area (Å²) in [4.78, 5) is 31.9. The Morgan fingerprint density at radius 1 is 1.12 bits per heavy atom. The van der Waals surface area contributed by atoms with E-state index in [2.05, 4.69) is 41.1 Å². The molecule has 1 aromatic carbocycles. The maximum absolute atomic E-state index is 12.8. The van der Waals surface area contributed by atoms with E-state index in [1.54, 1.807) is 13.8 Å². The monoisotopic (exact) mass is 462 g/mol. The number of ether oxygens (including phenoxy) is 2. The lowest BCUT2D eigenvalue weighted by molar-refractivity contribution is -0.165. The van der Waals surface area contributed by atoms with E-state index in [-0.39, 0.29) is 37.1 Å². The molecule has 0 saturated carbocycles. The Balaban J connectivity index is 0.00000289. The molecular formula is C25H35ClN2O4. The quantitative estimate of drug-likeness (QED) is 0.472. The second-order valence-electron chi connectivity index (χ2n) is 8.83. The third-order valence-electron chi connectivity index (χ3n) is 7.29. The fourth-order valence-electron chi connectivity index (χ4n) is 5.88. The van der Waals surface area contributed by atoms with Gasteiger partial charge in [-0.25, -0.2) is 0 Å². The summed E-state index contributed by atoms with van der Waals surface area (Å²) in [7, 11) is 0. The van der Waals surface area contributed by atoms with E-state index in [9.17, 15) is 9.59 Å². The second kappa shape index (κ2) is 10.3. The normalized spacial score (nSPS) is 22.7. The van der Waals surface area contributed by atoms with Crippen molar-refractivity contribution in [1.29, 1.82) is 0 Å². The number of piperidine rings is 1. The van der Waals surface area contributed by atoms with Crippen LogP contribution in [-0.2, 0) is 25.5 Å². The van der Waals surface area contributed by atoms with Crippen molar-refractivity contribution >= 4 is 35.2 Å². The van der Waals surface area contributed by atoms with E-state index in [0.29, 0.717) is 6.42 Å². The van der Waals surface area contributed by atoms with Crippen LogP contribution in [0.3, 0.4) is 0 Å². The molecule has 4 rings (SSSR count). The van der Waals surface area contributed by atoms with Crippen LogP contribution >= 0.6 is 12.4 Å². The first-order valence-electron chi connectivity index (χ1n) is 11.7. The van der Waals surface area contributed by atoms with Gasteiger partial charge in [0.2, 0.25) is 0 Å². The van der Waals surface area contributed by atoms with Crippen LogP contribution in [0.25, 0.3) is 10.9 Å². The molecule has 0 spiro atoms. The largest absolute Gasteiger partial charge is 0.465 e. The molecule has 1 saturated heterocycles. The summed E-state index contributed by atoms with van der Waals surface area (Å²) in [5.41, 5.74) is 3.62. The zero-order valence-corrected chi connectivity index (χ0v) is 20.1. The number of nitrogens with one attached hydrogen (secondary N) is 1. The van der Waals surface area contributed by atoms with Gasteiger partial charge in [0.25, 0.3) is 0 Å². The van der Waals surface area contributed by atoms with Crippen LogP contribution in [0.1, 0.15) is 63.8 Å². The van der Waals surface area contributed by atoms with Gasteiger partial charge < -0.3 is 14.5 Å². The molecule has 1 aromatic heterocycles. The maximum atomic E-state index is 12.8. The summed E-state index contributed by atoms with van der Waals surface area (Å²) >= 11 is 0. The van der Waals surface area contributed by atoms with E-state index in [1.165, 1.54) is 16.6 Å². The number of esters is 2. The lowest BCUT2D eigenvalue weighted by Crippen LogP contribution is -2.51. The van der Waals surface area contributed by atoms with Crippen LogP contribution in [0.15, 0.2) is 24.3 Å². The number of H-pyrrole nitrogens is 1. The van der Waals surface area contributed by atoms with E-state index >= 15 is 0 Å². The number of fused-ring (bicyclic) bond motifs is 5. The topological polar surface area (TPSA) is 71.6 Å². The van der Waals surface area contributed by atoms with Crippen molar-refractivity contribution in [2.24, 2.45) is 11.3 Å². The molecule has 2 atom stereocenters. The van der Waals surface area contributed by atoms with Gasteiger partial charge in [-0.05, 0) is 69.5 Å². The Labute approximate surface area is 196 Å². The van der Waals surface area contributed by atoms with Crippen molar-refractivity contribution < 1.29 is 19.1 Å². The number of hydrogen-bond acceptors (Lipinski definition) is 5. The van der Waals surface area contributed by atoms with E-state index in [4.69, 9.17) is 9.47 Å². The van der Waals surface area contributed by atoms with Gasteiger partial charge >= 0.3 is 11.9 Å². The number of benzene rings is 1. The Morgan fingerprint density at radius 2 is 1.81 bits per heavy atom. The Kier molecular flexibility index (Phi) is 7.88. The molecule has 0 aliphatic carbocycles. The van der Waals surface area contributed by atoms with Crippen LogP contribution in [-0.4, -0.2) is 48.1 Å². The fraction of sp³-hybridized carbons (Fsp3) is 0.600. The van der Waals surface area contributed by atoms with Crippen molar-refractivity contribution in [2.75, 3.05) is 26.3 Å². The van der Waals surface area contributed by atoms with Gasteiger partial charge in [0.15, 0.2) is 5.92 Å². The SMILES string of the molecule is CCOC(=O)C(CC1(CC)CCCN2CCc3c([nH]c4ccccc34)C21)C(=O)OCC.Cl. The van der Waals surface area contributed by atoms with Gasteiger partial charge in [-0.15, -0.1) is 12.4 Å². The molecule has 0 radical (unpaired) electrons. The first-order valence-corrected chi connectivity index (χ1v) is 11.7. The van der Waals surface area contributed by atoms with Gasteiger partial charge in [-0.2, -0.15) is 0 Å². The molecule has 6 nitrogen and oxygen atoms in total. The highest BCUT2D eigenvalue weighted by Gasteiger charge is 2.50. The summed E-state index contributed by atoms with van der Waals surface area (Å²) in [6.07, 6.45) is 4.41. The summed E-state index contributed by atoms with van der Waals surface area (Å²) in [5.74, 6) is -1.80. The molecule has 2 aliphatic rings. The van der Waals surface area contributed by atoms with Gasteiger partial charge in [-0.1, -0.05) is 25.1 Å². The minimum absolute atomic E-state index is 0. The minimum Gasteiger partial charge on any atom is -0.465 e. The molecule has 7 heteroatoms. The Morgan fingerprint density at radius 3 is 2.47 bits per heavy atom. The fourth-order valence-corrected chi connectivity index (χ4v) is 5.88. The molecule has 2 unspecified atom stereocenters. The number of carbonyl (C=O) groups excluding carboxylic acids is 2. The van der Waals surface area contributed by atoms with Gasteiger partial charge in [-0.3, -0.25) is 14.5 Å². The zero-order valence-electron chi connectivity index (χ0n) is 19.3. The van der Waals surface area contributed by atoms with Crippen molar-refractivity contribution in [3.63, 3.8) is 0 Å². The summed E-state index contributed by atoms with van der Waals surface area (Å²) < 4.78 is 10.6. The summed E-state index contributed by atoms with van der Waals surface area (Å²) in [5, 5.41) is 1.29. The summed E-state index contributed by atoms with van der Waals surface area (Å²) in [6.45, 7) is 8.31. The predicted octanol–water partition coefficient (Wildman–Crippen LogP) is 4.81. The lowest BCUT2D eigenvalue weighted by Gasteiger charge is -2.52. The van der Waals surface area contributed by atoms with Crippen molar-refractivity contribution in [1.82, 2.24) is 9.88 Å². The molecule has 3 heterocycles. The Bertz CT molecular complexity index is 941. The van der Waals surface area contributed by atoms with Gasteiger partial charge in [0.05, 0.1) is 19.3 Å². The molecule has 1 N–H and O–H groups in total. The highest BCUT2D eigenvalue weighted by atomic mass is 35.5. The van der Waals surface area contributed by atoms with Crippen molar-refractivity contribution in [3.05, 3.63) is 35.5 Å². The highest BCUT2D eigenvalue weighted by Crippen LogP contribution is 2.54. The summed E-state index contributed by atoms with van der Waals surface area (Å²) in [6, 6.07) is 8.64. The molecule has 32 heavy (non-hydrogen) atoms. The zero-order chi connectivity index (χ0) is 22.0. The van der Waals surface area contributed by atoms with E-state index < -0.39 is 17.9 Å². The average molecular weight is 463 g/mol. The van der Waals surface area contributed by atoms with Crippen LogP contribution in [0, 0.1) is 11.3 Å². The molecule has 2 aromatic rings. The number of hydrogen-bond donors (Lipinski definition) is 1. The second-order valence-corrected chi connectivity index (χ2v) is 8.83. The van der Waals surface area contributed by atoms with Crippen LogP contribution < -0.4 is 0 Å². The minimum atomic E-state index is -0.880. The first kappa shape index (κ1) is 24.6. The van der Waals surface area contributed by atoms with Crippen LogP contribution in [0.2, 0.25) is 0 Å². The highest BCUT2D eigenvalue weighted by molar-refractivity contribution is 5.95. The maximum Gasteiger partial charge on any atom is 0.320 e. The number of carbonyl (C=O) groups is 2. The molecule has 2 aliphatic heterocycles. The average Bonchev–Trinajstić information content (AvgIpc) is 3.16. The molecule has 0 amide bonds. The third-order valence-corrected chi connectivity index (χ3v) is 7.29. The number of rotatable bonds is 7. The van der Waals surface area contributed by atoms with Gasteiger partial charge in [0.1, 0.15) is 0 Å². The Hall–Kier alpha value is -2.05. The number of aromatic amines is 1. The van der Waals surface area contributed by atoms with Gasteiger partial charge in [0, 0.05) is 23.1 Å². The molecule has 1 fully saturated rings. The van der Waals surface area contributed by atoms with E-state index in [0.717, 1.165) is 44.3 Å². The number of aromatic nitrogens is 1. The predicted molar refractivity (Wildman–Crippen MR) is 127 cm³/mol. The van der Waals surface area contributed by atoms with Crippen molar-refractivity contribution in [2.45, 2.75) is 58.9 Å². The number of nitrogens with zero attached hydrogens (tertiary/aromatic N) is 1.